The van der Waals surface area contributed by atoms with Crippen molar-refractivity contribution >= 4 is 27.5 Å². The standard InChI is InChI=1S/C14H16BrClN2/c15-11-5-6-13(16)12(9-11)14(10-17)18-7-3-1-2-4-8-18/h5-6,9,14H,1-4,7-8H2. The molecule has 1 aliphatic rings. The lowest BCUT2D eigenvalue weighted by atomic mass is 10.1. The Labute approximate surface area is 122 Å². The van der Waals surface area contributed by atoms with Gasteiger partial charge in [0.05, 0.1) is 6.07 Å². The fourth-order valence-corrected chi connectivity index (χ4v) is 3.03. The highest BCUT2D eigenvalue weighted by molar-refractivity contribution is 9.10. The van der Waals surface area contributed by atoms with Gasteiger partial charge in [0.2, 0.25) is 0 Å². The summed E-state index contributed by atoms with van der Waals surface area (Å²) in [5, 5.41) is 10.1. The fourth-order valence-electron chi connectivity index (χ4n) is 2.43. The van der Waals surface area contributed by atoms with Crippen LogP contribution in [0.15, 0.2) is 22.7 Å². The van der Waals surface area contributed by atoms with Crippen LogP contribution >= 0.6 is 27.5 Å². The van der Waals surface area contributed by atoms with Crippen molar-refractivity contribution < 1.29 is 0 Å². The van der Waals surface area contributed by atoms with Gasteiger partial charge in [-0.1, -0.05) is 40.4 Å². The van der Waals surface area contributed by atoms with Gasteiger partial charge in [-0.15, -0.1) is 0 Å². The first kappa shape index (κ1) is 13.9. The van der Waals surface area contributed by atoms with Crippen LogP contribution < -0.4 is 0 Å². The van der Waals surface area contributed by atoms with E-state index in [0.29, 0.717) is 5.02 Å². The molecule has 0 amide bonds. The molecule has 0 aliphatic carbocycles. The molecule has 0 aromatic heterocycles. The van der Waals surface area contributed by atoms with E-state index in [1.807, 2.05) is 18.2 Å². The van der Waals surface area contributed by atoms with Crippen LogP contribution in [0.5, 0.6) is 0 Å². The second-order valence-corrected chi connectivity index (χ2v) is 5.97. The normalized spacial score (nSPS) is 18.9. The van der Waals surface area contributed by atoms with Crippen molar-refractivity contribution in [2.75, 3.05) is 13.1 Å². The minimum atomic E-state index is -0.229. The van der Waals surface area contributed by atoms with Crippen molar-refractivity contribution in [2.45, 2.75) is 31.7 Å². The van der Waals surface area contributed by atoms with E-state index >= 15 is 0 Å². The monoisotopic (exact) mass is 326 g/mol. The molecular weight excluding hydrogens is 312 g/mol. The highest BCUT2D eigenvalue weighted by Crippen LogP contribution is 2.31. The van der Waals surface area contributed by atoms with Crippen molar-refractivity contribution in [1.29, 1.82) is 5.26 Å². The fraction of sp³-hybridized carbons (Fsp3) is 0.500. The highest BCUT2D eigenvalue weighted by atomic mass is 79.9. The number of rotatable bonds is 2. The number of hydrogen-bond donors (Lipinski definition) is 0. The largest absolute Gasteiger partial charge is 0.284 e. The van der Waals surface area contributed by atoms with E-state index in [1.54, 1.807) is 0 Å². The Morgan fingerprint density at radius 1 is 1.22 bits per heavy atom. The summed E-state index contributed by atoms with van der Waals surface area (Å²) in [6.07, 6.45) is 4.87. The third-order valence-corrected chi connectivity index (χ3v) is 4.22. The predicted molar refractivity (Wildman–Crippen MR) is 77.5 cm³/mol. The summed E-state index contributed by atoms with van der Waals surface area (Å²) < 4.78 is 0.969. The van der Waals surface area contributed by atoms with Crippen LogP contribution in [0.1, 0.15) is 37.3 Å². The summed E-state index contributed by atoms with van der Waals surface area (Å²) in [6, 6.07) is 7.89. The molecule has 1 aliphatic heterocycles. The van der Waals surface area contributed by atoms with Crippen LogP contribution in [-0.4, -0.2) is 18.0 Å². The molecule has 1 atom stereocenters. The molecule has 1 aromatic carbocycles. The molecule has 1 heterocycles. The summed E-state index contributed by atoms with van der Waals surface area (Å²) in [4.78, 5) is 2.25. The Hall–Kier alpha value is -0.560. The summed E-state index contributed by atoms with van der Waals surface area (Å²) in [7, 11) is 0. The second kappa shape index (κ2) is 6.56. The maximum Gasteiger partial charge on any atom is 0.125 e. The number of benzene rings is 1. The summed E-state index contributed by atoms with van der Waals surface area (Å²) >= 11 is 9.68. The van der Waals surface area contributed by atoms with Crippen LogP contribution in [0.4, 0.5) is 0 Å². The number of halogens is 2. The summed E-state index contributed by atoms with van der Waals surface area (Å²) in [6.45, 7) is 1.97. The number of nitriles is 1. The van der Waals surface area contributed by atoms with Crippen molar-refractivity contribution in [3.8, 4) is 6.07 Å². The van der Waals surface area contributed by atoms with Gasteiger partial charge in [0.15, 0.2) is 0 Å². The molecule has 0 N–H and O–H groups in total. The minimum Gasteiger partial charge on any atom is -0.284 e. The van der Waals surface area contributed by atoms with E-state index in [0.717, 1.165) is 23.1 Å². The minimum absolute atomic E-state index is 0.229. The van der Waals surface area contributed by atoms with Crippen molar-refractivity contribution in [2.24, 2.45) is 0 Å². The average Bonchev–Trinajstić information content (AvgIpc) is 2.64. The van der Waals surface area contributed by atoms with Gasteiger partial charge >= 0.3 is 0 Å². The molecule has 0 spiro atoms. The molecule has 0 bridgehead atoms. The van der Waals surface area contributed by atoms with E-state index in [1.165, 1.54) is 25.7 Å². The van der Waals surface area contributed by atoms with Crippen molar-refractivity contribution in [3.63, 3.8) is 0 Å². The van der Waals surface area contributed by atoms with Gasteiger partial charge in [-0.25, -0.2) is 0 Å². The van der Waals surface area contributed by atoms with Crippen LogP contribution in [-0.2, 0) is 0 Å². The lowest BCUT2D eigenvalue weighted by molar-refractivity contribution is 0.246. The maximum atomic E-state index is 9.47. The van der Waals surface area contributed by atoms with Crippen LogP contribution in [0.3, 0.4) is 0 Å². The molecule has 1 aromatic rings. The molecule has 2 rings (SSSR count). The Morgan fingerprint density at radius 2 is 1.89 bits per heavy atom. The van der Waals surface area contributed by atoms with E-state index in [2.05, 4.69) is 26.9 Å². The Morgan fingerprint density at radius 3 is 2.50 bits per heavy atom. The van der Waals surface area contributed by atoms with Gasteiger partial charge in [-0.3, -0.25) is 4.90 Å². The number of hydrogen-bond acceptors (Lipinski definition) is 2. The first-order chi connectivity index (χ1) is 8.72. The molecular formula is C14H16BrClN2. The van der Waals surface area contributed by atoms with Gasteiger partial charge in [0.1, 0.15) is 6.04 Å². The molecule has 2 nitrogen and oxygen atoms in total. The van der Waals surface area contributed by atoms with E-state index in [9.17, 15) is 5.26 Å². The van der Waals surface area contributed by atoms with Gasteiger partial charge in [-0.05, 0) is 44.1 Å². The molecule has 96 valence electrons. The molecule has 1 fully saturated rings. The van der Waals surface area contributed by atoms with Crippen LogP contribution in [0.2, 0.25) is 5.02 Å². The molecule has 0 radical (unpaired) electrons. The third-order valence-electron chi connectivity index (χ3n) is 3.38. The van der Waals surface area contributed by atoms with Crippen LogP contribution in [0, 0.1) is 11.3 Å². The molecule has 0 saturated carbocycles. The highest BCUT2D eigenvalue weighted by Gasteiger charge is 2.23. The quantitative estimate of drug-likeness (QED) is 0.797. The third kappa shape index (κ3) is 3.26. The van der Waals surface area contributed by atoms with Gasteiger partial charge in [-0.2, -0.15) is 5.26 Å². The Bertz CT molecular complexity index is 448. The SMILES string of the molecule is N#CC(c1cc(Br)ccc1Cl)N1CCCCCC1. The molecule has 1 unspecified atom stereocenters. The van der Waals surface area contributed by atoms with E-state index in [-0.39, 0.29) is 6.04 Å². The van der Waals surface area contributed by atoms with Crippen molar-refractivity contribution in [3.05, 3.63) is 33.3 Å². The first-order valence-electron chi connectivity index (χ1n) is 6.31. The summed E-state index contributed by atoms with van der Waals surface area (Å²) in [5.74, 6) is 0. The smallest absolute Gasteiger partial charge is 0.125 e. The van der Waals surface area contributed by atoms with Gasteiger partial charge < -0.3 is 0 Å². The molecule has 18 heavy (non-hydrogen) atoms. The van der Waals surface area contributed by atoms with Gasteiger partial charge in [0.25, 0.3) is 0 Å². The second-order valence-electron chi connectivity index (χ2n) is 4.65. The zero-order valence-corrected chi connectivity index (χ0v) is 12.5. The number of nitrogens with zero attached hydrogens (tertiary/aromatic N) is 2. The average molecular weight is 328 g/mol. The Kier molecular flexibility index (Phi) is 5.05. The maximum absolute atomic E-state index is 9.47. The van der Waals surface area contributed by atoms with E-state index in [4.69, 9.17) is 11.6 Å². The van der Waals surface area contributed by atoms with Crippen LogP contribution in [0.25, 0.3) is 0 Å². The van der Waals surface area contributed by atoms with Crippen molar-refractivity contribution in [1.82, 2.24) is 4.90 Å². The zero-order chi connectivity index (χ0) is 13.0. The Balaban J connectivity index is 2.26. The molecule has 1 saturated heterocycles. The van der Waals surface area contributed by atoms with E-state index < -0.39 is 0 Å². The summed E-state index contributed by atoms with van der Waals surface area (Å²) in [5.41, 5.74) is 0.912. The number of likely N-dealkylation sites (tertiary alicyclic amines) is 1. The van der Waals surface area contributed by atoms with Gasteiger partial charge in [0, 0.05) is 15.1 Å². The predicted octanol–water partition coefficient (Wildman–Crippen LogP) is 4.54. The zero-order valence-electron chi connectivity index (χ0n) is 10.2. The lowest BCUT2D eigenvalue weighted by Gasteiger charge is -2.26. The lowest BCUT2D eigenvalue weighted by Crippen LogP contribution is -2.29. The first-order valence-corrected chi connectivity index (χ1v) is 7.48. The topological polar surface area (TPSA) is 27.0 Å². The molecule has 4 heteroatoms.